The first kappa shape index (κ1) is 19.5. The molecule has 4 nitrogen and oxygen atoms in total. The number of anilines is 4. The summed E-state index contributed by atoms with van der Waals surface area (Å²) < 4.78 is 0. The molecule has 0 saturated heterocycles. The Bertz CT molecular complexity index is 1040. The van der Waals surface area contributed by atoms with Gasteiger partial charge in [0.25, 0.3) is 0 Å². The fraction of sp³-hybridized carbons (Fsp3) is 0.115. The Morgan fingerprint density at radius 2 is 1.20 bits per heavy atom. The molecule has 0 unspecified atom stereocenters. The Hall–Kier alpha value is -3.79. The van der Waals surface area contributed by atoms with E-state index in [9.17, 15) is 0 Å². The predicted molar refractivity (Wildman–Crippen MR) is 128 cm³/mol. The molecule has 0 radical (unpaired) electrons. The van der Waals surface area contributed by atoms with E-state index in [2.05, 4.69) is 125 Å². The average molecular weight is 396 g/mol. The topological polar surface area (TPSA) is 50.1 Å². The van der Waals surface area contributed by atoms with E-state index < -0.39 is 0 Å². The molecule has 1 aliphatic rings. The molecule has 0 aromatic heterocycles. The minimum absolute atomic E-state index is 0.194. The van der Waals surface area contributed by atoms with Gasteiger partial charge in [-0.25, -0.2) is 4.99 Å². The zero-order chi connectivity index (χ0) is 20.8. The minimum Gasteiger partial charge on any atom is -0.388 e. The van der Waals surface area contributed by atoms with Crippen LogP contribution in [0.2, 0.25) is 0 Å². The second-order valence-electron chi connectivity index (χ2n) is 7.36. The Morgan fingerprint density at radius 3 is 1.80 bits per heavy atom. The first-order chi connectivity index (χ1) is 14.7. The number of benzene rings is 3. The highest BCUT2D eigenvalue weighted by Crippen LogP contribution is 2.19. The third-order valence-corrected chi connectivity index (χ3v) is 4.99. The third kappa shape index (κ3) is 5.17. The lowest BCUT2D eigenvalue weighted by Crippen LogP contribution is -2.65. The molecule has 4 rings (SSSR count). The van der Waals surface area contributed by atoms with Gasteiger partial charge in [-0.2, -0.15) is 0 Å². The van der Waals surface area contributed by atoms with Gasteiger partial charge in [-0.15, -0.1) is 0 Å². The van der Waals surface area contributed by atoms with Crippen LogP contribution < -0.4 is 20.9 Å². The quantitative estimate of drug-likeness (QED) is 0.496. The fourth-order valence-electron chi connectivity index (χ4n) is 3.25. The monoisotopic (exact) mass is 395 g/mol. The van der Waals surface area contributed by atoms with Gasteiger partial charge < -0.3 is 16.0 Å². The average Bonchev–Trinajstić information content (AvgIpc) is 2.78. The van der Waals surface area contributed by atoms with E-state index in [0.29, 0.717) is 0 Å². The van der Waals surface area contributed by atoms with E-state index in [0.717, 1.165) is 34.1 Å². The lowest BCUT2D eigenvalue weighted by Gasteiger charge is -2.14. The summed E-state index contributed by atoms with van der Waals surface area (Å²) in [6, 6.07) is 25.2. The lowest BCUT2D eigenvalue weighted by molar-refractivity contribution is -0.351. The van der Waals surface area contributed by atoms with Crippen LogP contribution >= 0.6 is 0 Å². The number of hydrogen-bond donors (Lipinski definition) is 4. The Balaban J connectivity index is 1.35. The van der Waals surface area contributed by atoms with Crippen LogP contribution in [0.15, 0.2) is 97.1 Å². The van der Waals surface area contributed by atoms with Crippen LogP contribution in [0.1, 0.15) is 5.56 Å². The van der Waals surface area contributed by atoms with Gasteiger partial charge in [-0.05, 0) is 55.5 Å². The molecule has 4 N–H and O–H groups in total. The molecule has 30 heavy (non-hydrogen) atoms. The molecule has 0 fully saturated rings. The molecule has 3 aromatic rings. The number of hydrogen-bond acceptors (Lipinski definition) is 3. The van der Waals surface area contributed by atoms with Crippen molar-refractivity contribution < 1.29 is 4.99 Å². The Labute approximate surface area is 178 Å². The molecule has 0 saturated carbocycles. The van der Waals surface area contributed by atoms with Gasteiger partial charge in [0.15, 0.2) is 0 Å². The van der Waals surface area contributed by atoms with Crippen LogP contribution in [0.5, 0.6) is 0 Å². The normalized spacial score (nSPS) is 15.0. The van der Waals surface area contributed by atoms with Crippen molar-refractivity contribution in [3.8, 4) is 0 Å². The van der Waals surface area contributed by atoms with Crippen LogP contribution in [0, 0.1) is 6.92 Å². The summed E-state index contributed by atoms with van der Waals surface area (Å²) in [7, 11) is 1.92. The summed E-state index contributed by atoms with van der Waals surface area (Å²) in [6.45, 7) is 2.10. The van der Waals surface area contributed by atoms with E-state index in [4.69, 9.17) is 0 Å². The first-order valence-corrected chi connectivity index (χ1v) is 10.2. The summed E-state index contributed by atoms with van der Waals surface area (Å²) in [5.74, 6) is 0. The highest BCUT2D eigenvalue weighted by molar-refractivity contribution is 6.01. The van der Waals surface area contributed by atoms with Crippen molar-refractivity contribution in [2.45, 2.75) is 13.0 Å². The Morgan fingerprint density at radius 1 is 0.667 bits per heavy atom. The third-order valence-electron chi connectivity index (χ3n) is 4.99. The summed E-state index contributed by atoms with van der Waals surface area (Å²) in [4.78, 5) is 3.46. The Kier molecular flexibility index (Phi) is 5.95. The summed E-state index contributed by atoms with van der Waals surface area (Å²) >= 11 is 0. The van der Waals surface area contributed by atoms with Gasteiger partial charge in [-0.3, -0.25) is 0 Å². The van der Waals surface area contributed by atoms with Gasteiger partial charge in [0.2, 0.25) is 11.4 Å². The maximum absolute atomic E-state index is 3.50. The summed E-state index contributed by atoms with van der Waals surface area (Å²) in [5.41, 5.74) is 7.74. The number of allylic oxidation sites excluding steroid dienone is 2. The minimum atomic E-state index is 0.194. The van der Waals surface area contributed by atoms with E-state index in [-0.39, 0.29) is 6.04 Å². The van der Waals surface area contributed by atoms with Crippen molar-refractivity contribution in [2.24, 2.45) is 0 Å². The van der Waals surface area contributed by atoms with Gasteiger partial charge in [-0.1, -0.05) is 29.8 Å². The van der Waals surface area contributed by atoms with Crippen LogP contribution in [-0.2, 0) is 0 Å². The molecule has 0 spiro atoms. The smallest absolute Gasteiger partial charge is 0.204 e. The molecule has 4 heteroatoms. The van der Waals surface area contributed by atoms with Gasteiger partial charge in [0, 0.05) is 54.1 Å². The van der Waals surface area contributed by atoms with Crippen LogP contribution in [0.4, 0.5) is 28.4 Å². The molecular weight excluding hydrogens is 368 g/mol. The molecule has 3 aromatic carbocycles. The van der Waals surface area contributed by atoms with Crippen molar-refractivity contribution in [3.63, 3.8) is 0 Å². The van der Waals surface area contributed by atoms with E-state index in [1.54, 1.807) is 0 Å². The number of rotatable bonds is 6. The number of aryl methyl sites for hydroxylation is 1. The van der Waals surface area contributed by atoms with Crippen LogP contribution in [0.3, 0.4) is 0 Å². The maximum Gasteiger partial charge on any atom is 0.204 e. The highest BCUT2D eigenvalue weighted by atomic mass is 14.9. The zero-order valence-corrected chi connectivity index (χ0v) is 17.3. The maximum atomic E-state index is 3.50. The predicted octanol–water partition coefficient (Wildman–Crippen LogP) is 4.54. The second-order valence-corrected chi connectivity index (χ2v) is 7.36. The van der Waals surface area contributed by atoms with E-state index >= 15 is 0 Å². The van der Waals surface area contributed by atoms with Crippen LogP contribution in [0.25, 0.3) is 0 Å². The summed E-state index contributed by atoms with van der Waals surface area (Å²) in [6.07, 6.45) is 8.54. The fourth-order valence-corrected chi connectivity index (χ4v) is 3.25. The lowest BCUT2D eigenvalue weighted by atomic mass is 10.1. The van der Waals surface area contributed by atoms with E-state index in [1.165, 1.54) is 5.56 Å². The molecule has 0 heterocycles. The molecule has 0 bridgehead atoms. The van der Waals surface area contributed by atoms with Crippen molar-refractivity contribution in [1.29, 1.82) is 0 Å². The SMILES string of the molecule is CNc1ccc(Nc2ccc([NH+]=C3C=CC(Nc4ccc(C)cc4)C=C3)cc2)cc1. The standard InChI is InChI=1S/C26H26N4/c1-19-3-5-21(6-4-19)28-23-11-13-25(14-12-23)30-26-17-15-24(16-18-26)29-22-9-7-20(27-2)8-10-22/h3-18,23,27-29H,1-2H3/p+1. The largest absolute Gasteiger partial charge is 0.388 e. The highest BCUT2D eigenvalue weighted by Gasteiger charge is 2.09. The molecule has 0 aliphatic heterocycles. The van der Waals surface area contributed by atoms with Gasteiger partial charge >= 0.3 is 0 Å². The molecule has 1 aliphatic carbocycles. The van der Waals surface area contributed by atoms with Gasteiger partial charge in [0.05, 0.1) is 6.04 Å². The van der Waals surface area contributed by atoms with Gasteiger partial charge in [0.1, 0.15) is 0 Å². The first-order valence-electron chi connectivity index (χ1n) is 10.2. The molecule has 0 amide bonds. The summed E-state index contributed by atoms with van der Waals surface area (Å²) in [5, 5.41) is 10.1. The molecule has 150 valence electrons. The van der Waals surface area contributed by atoms with E-state index in [1.807, 2.05) is 7.05 Å². The molecule has 0 atom stereocenters. The van der Waals surface area contributed by atoms with Crippen LogP contribution in [-0.4, -0.2) is 18.8 Å². The van der Waals surface area contributed by atoms with Crippen molar-refractivity contribution in [1.82, 2.24) is 0 Å². The molecular formula is C26H27N4+. The van der Waals surface area contributed by atoms with Crippen molar-refractivity contribution >= 4 is 34.1 Å². The number of nitrogens with one attached hydrogen (secondary N) is 4. The second kappa shape index (κ2) is 9.14. The zero-order valence-electron chi connectivity index (χ0n) is 17.3. The van der Waals surface area contributed by atoms with Crippen molar-refractivity contribution in [3.05, 3.63) is 103 Å². The van der Waals surface area contributed by atoms with Crippen molar-refractivity contribution in [2.75, 3.05) is 23.0 Å².